The van der Waals surface area contributed by atoms with Crippen molar-refractivity contribution in [1.29, 1.82) is 0 Å². The van der Waals surface area contributed by atoms with Gasteiger partial charge in [-0.2, -0.15) is 0 Å². The van der Waals surface area contributed by atoms with Gasteiger partial charge < -0.3 is 10.6 Å². The highest BCUT2D eigenvalue weighted by Crippen LogP contribution is 2.24. The number of aromatic nitrogens is 2. The molecular formula is C20H19ClN4O2S. The number of pyridine rings is 1. The number of halogens is 1. The van der Waals surface area contributed by atoms with E-state index in [1.807, 2.05) is 31.4 Å². The van der Waals surface area contributed by atoms with E-state index in [0.29, 0.717) is 15.7 Å². The van der Waals surface area contributed by atoms with Gasteiger partial charge in [-0.05, 0) is 30.2 Å². The smallest absolute Gasteiger partial charge is 0.253 e. The Balaban J connectivity index is 1.71. The number of hydrogen-bond donors (Lipinski definition) is 2. The number of carbonyl (C=O) groups excluding carboxylic acids is 2. The van der Waals surface area contributed by atoms with E-state index in [-0.39, 0.29) is 11.8 Å². The van der Waals surface area contributed by atoms with Gasteiger partial charge >= 0.3 is 0 Å². The fraction of sp³-hybridized carbons (Fsp3) is 0.200. The monoisotopic (exact) mass is 414 g/mol. The molecular weight excluding hydrogens is 396 g/mol. The summed E-state index contributed by atoms with van der Waals surface area (Å²) in [6.45, 7) is 3.72. The zero-order valence-electron chi connectivity index (χ0n) is 15.3. The molecule has 0 aliphatic rings. The second kappa shape index (κ2) is 8.95. The van der Waals surface area contributed by atoms with Crippen LogP contribution < -0.4 is 10.6 Å². The first-order chi connectivity index (χ1) is 13.5. The highest BCUT2D eigenvalue weighted by molar-refractivity contribution is 7.14. The Bertz CT molecular complexity index is 975. The molecule has 8 heteroatoms. The minimum atomic E-state index is -0.727. The Kier molecular flexibility index (Phi) is 6.38. The molecule has 1 atom stereocenters. The molecule has 28 heavy (non-hydrogen) atoms. The van der Waals surface area contributed by atoms with Crippen LogP contribution in [0.2, 0.25) is 5.02 Å². The van der Waals surface area contributed by atoms with E-state index in [4.69, 9.17) is 11.6 Å². The summed E-state index contributed by atoms with van der Waals surface area (Å²) in [6, 6.07) is 9.72. The molecule has 0 saturated heterocycles. The minimum Gasteiger partial charge on any atom is -0.340 e. The van der Waals surface area contributed by atoms with E-state index in [0.717, 1.165) is 11.3 Å². The van der Waals surface area contributed by atoms with Gasteiger partial charge in [0.2, 0.25) is 5.91 Å². The predicted octanol–water partition coefficient (Wildman–Crippen LogP) is 4.25. The summed E-state index contributed by atoms with van der Waals surface area (Å²) in [5, 5.41) is 8.19. The molecule has 0 aliphatic heterocycles. The standard InChI is InChI=1S/C20H19ClN4O2S/c1-12(2)17(24-18(26)14-7-3-4-8-15(14)21)19(27)25-20-23-16(11-28-20)13-6-5-9-22-10-13/h3-12,17H,1-2H3,(H,24,26)(H,23,25,27)/t17-/m0/s1. The Labute approximate surface area is 172 Å². The first-order valence-electron chi connectivity index (χ1n) is 8.68. The van der Waals surface area contributed by atoms with E-state index >= 15 is 0 Å². The summed E-state index contributed by atoms with van der Waals surface area (Å²) in [4.78, 5) is 33.8. The third-order valence-electron chi connectivity index (χ3n) is 4.05. The number of nitrogens with one attached hydrogen (secondary N) is 2. The fourth-order valence-electron chi connectivity index (χ4n) is 2.56. The Morgan fingerprint density at radius 3 is 2.61 bits per heavy atom. The number of benzene rings is 1. The first-order valence-corrected chi connectivity index (χ1v) is 9.93. The van der Waals surface area contributed by atoms with Gasteiger partial charge in [0.15, 0.2) is 5.13 Å². The van der Waals surface area contributed by atoms with E-state index in [1.165, 1.54) is 11.3 Å². The maximum atomic E-state index is 12.7. The molecule has 0 radical (unpaired) electrons. The normalized spacial score (nSPS) is 11.9. The molecule has 2 amide bonds. The van der Waals surface area contributed by atoms with E-state index < -0.39 is 11.9 Å². The van der Waals surface area contributed by atoms with Crippen molar-refractivity contribution in [1.82, 2.24) is 15.3 Å². The maximum absolute atomic E-state index is 12.7. The summed E-state index contributed by atoms with van der Waals surface area (Å²) < 4.78 is 0. The average Bonchev–Trinajstić information content (AvgIpc) is 3.15. The van der Waals surface area contributed by atoms with E-state index in [2.05, 4.69) is 20.6 Å². The van der Waals surface area contributed by atoms with Crippen molar-refractivity contribution in [3.05, 3.63) is 64.8 Å². The van der Waals surface area contributed by atoms with Crippen LogP contribution >= 0.6 is 22.9 Å². The third kappa shape index (κ3) is 4.74. The number of rotatable bonds is 6. The molecule has 6 nitrogen and oxygen atoms in total. The highest BCUT2D eigenvalue weighted by atomic mass is 35.5. The lowest BCUT2D eigenvalue weighted by Gasteiger charge is -2.21. The lowest BCUT2D eigenvalue weighted by molar-refractivity contribution is -0.118. The lowest BCUT2D eigenvalue weighted by Crippen LogP contribution is -2.47. The molecule has 2 heterocycles. The van der Waals surface area contributed by atoms with Crippen molar-refractivity contribution in [2.24, 2.45) is 5.92 Å². The number of amides is 2. The molecule has 3 rings (SSSR count). The van der Waals surface area contributed by atoms with Gasteiger partial charge in [0.1, 0.15) is 6.04 Å². The second-order valence-corrected chi connectivity index (χ2v) is 7.71. The molecule has 0 spiro atoms. The predicted molar refractivity (Wildman–Crippen MR) is 112 cm³/mol. The number of hydrogen-bond acceptors (Lipinski definition) is 5. The zero-order chi connectivity index (χ0) is 20.1. The van der Waals surface area contributed by atoms with E-state index in [9.17, 15) is 9.59 Å². The summed E-state index contributed by atoms with van der Waals surface area (Å²) in [6.07, 6.45) is 3.40. The highest BCUT2D eigenvalue weighted by Gasteiger charge is 2.26. The quantitative estimate of drug-likeness (QED) is 0.631. The molecule has 3 aromatic rings. The van der Waals surface area contributed by atoms with Crippen LogP contribution in [0.25, 0.3) is 11.3 Å². The van der Waals surface area contributed by atoms with Crippen LogP contribution in [-0.4, -0.2) is 27.8 Å². The second-order valence-electron chi connectivity index (χ2n) is 6.44. The minimum absolute atomic E-state index is 0.121. The van der Waals surface area contributed by atoms with Crippen LogP contribution in [0.5, 0.6) is 0 Å². The molecule has 0 unspecified atom stereocenters. The van der Waals surface area contributed by atoms with Gasteiger partial charge in [0, 0.05) is 23.3 Å². The largest absolute Gasteiger partial charge is 0.340 e. The van der Waals surface area contributed by atoms with Crippen LogP contribution in [0.1, 0.15) is 24.2 Å². The summed E-state index contributed by atoms with van der Waals surface area (Å²) in [7, 11) is 0. The van der Waals surface area contributed by atoms with Gasteiger partial charge in [-0.15, -0.1) is 11.3 Å². The number of thiazole rings is 1. The number of carbonyl (C=O) groups is 2. The van der Waals surface area contributed by atoms with Crippen LogP contribution in [0.4, 0.5) is 5.13 Å². The van der Waals surface area contributed by atoms with E-state index in [1.54, 1.807) is 36.7 Å². The number of nitrogens with zero attached hydrogens (tertiary/aromatic N) is 2. The van der Waals surface area contributed by atoms with Gasteiger partial charge in [-0.25, -0.2) is 4.98 Å². The first kappa shape index (κ1) is 20.0. The Morgan fingerprint density at radius 2 is 1.93 bits per heavy atom. The summed E-state index contributed by atoms with van der Waals surface area (Å²) in [5.74, 6) is -0.846. The maximum Gasteiger partial charge on any atom is 0.253 e. The number of anilines is 1. The van der Waals surface area contributed by atoms with Crippen molar-refractivity contribution in [2.45, 2.75) is 19.9 Å². The third-order valence-corrected chi connectivity index (χ3v) is 5.13. The SMILES string of the molecule is CC(C)[C@H](NC(=O)c1ccccc1Cl)C(=O)Nc1nc(-c2cccnc2)cs1. The van der Waals surface area contributed by atoms with Gasteiger partial charge in [-0.1, -0.05) is 37.6 Å². The molecule has 0 fully saturated rings. The average molecular weight is 415 g/mol. The Morgan fingerprint density at radius 1 is 1.14 bits per heavy atom. The van der Waals surface area contributed by atoms with Crippen molar-refractivity contribution < 1.29 is 9.59 Å². The van der Waals surface area contributed by atoms with Gasteiger partial charge in [-0.3, -0.25) is 14.6 Å². The van der Waals surface area contributed by atoms with Gasteiger partial charge in [0.05, 0.1) is 16.3 Å². The molecule has 2 aromatic heterocycles. The Hall–Kier alpha value is -2.77. The van der Waals surface area contributed by atoms with Crippen LogP contribution in [-0.2, 0) is 4.79 Å². The van der Waals surface area contributed by atoms with Crippen molar-refractivity contribution in [3.8, 4) is 11.3 Å². The molecule has 144 valence electrons. The fourth-order valence-corrected chi connectivity index (χ4v) is 3.50. The topological polar surface area (TPSA) is 84.0 Å². The van der Waals surface area contributed by atoms with Crippen molar-refractivity contribution in [2.75, 3.05) is 5.32 Å². The zero-order valence-corrected chi connectivity index (χ0v) is 16.9. The molecule has 0 saturated carbocycles. The van der Waals surface area contributed by atoms with Crippen LogP contribution in [0.3, 0.4) is 0 Å². The molecule has 0 bridgehead atoms. The van der Waals surface area contributed by atoms with Crippen LogP contribution in [0.15, 0.2) is 54.2 Å². The molecule has 2 N–H and O–H groups in total. The van der Waals surface area contributed by atoms with Crippen molar-refractivity contribution >= 4 is 39.9 Å². The van der Waals surface area contributed by atoms with Gasteiger partial charge in [0.25, 0.3) is 5.91 Å². The molecule has 1 aromatic carbocycles. The van der Waals surface area contributed by atoms with Crippen molar-refractivity contribution in [3.63, 3.8) is 0 Å². The summed E-state index contributed by atoms with van der Waals surface area (Å²) in [5.41, 5.74) is 1.93. The summed E-state index contributed by atoms with van der Waals surface area (Å²) >= 11 is 7.39. The lowest BCUT2D eigenvalue weighted by atomic mass is 10.0. The molecule has 0 aliphatic carbocycles. The van der Waals surface area contributed by atoms with Crippen LogP contribution in [0, 0.1) is 5.92 Å².